The van der Waals surface area contributed by atoms with Crippen molar-refractivity contribution in [2.45, 2.75) is 38.8 Å². The van der Waals surface area contributed by atoms with Gasteiger partial charge in [0.2, 0.25) is 10.0 Å². The predicted octanol–water partition coefficient (Wildman–Crippen LogP) is 5.54. The summed E-state index contributed by atoms with van der Waals surface area (Å²) in [4.78, 5) is 13.2. The van der Waals surface area contributed by atoms with Gasteiger partial charge in [-0.2, -0.15) is 9.41 Å². The van der Waals surface area contributed by atoms with Gasteiger partial charge in [0, 0.05) is 6.54 Å². The van der Waals surface area contributed by atoms with E-state index in [9.17, 15) is 13.2 Å². The Hall–Kier alpha value is -4.47. The van der Waals surface area contributed by atoms with Gasteiger partial charge < -0.3 is 9.47 Å². The van der Waals surface area contributed by atoms with Gasteiger partial charge in [0.25, 0.3) is 5.91 Å². The van der Waals surface area contributed by atoms with Crippen molar-refractivity contribution in [3.05, 3.63) is 124 Å². The van der Waals surface area contributed by atoms with Crippen molar-refractivity contribution in [1.29, 1.82) is 0 Å². The maximum atomic E-state index is 13.8. The largest absolute Gasteiger partial charge is 0.493 e. The molecule has 218 valence electrons. The van der Waals surface area contributed by atoms with Crippen molar-refractivity contribution in [1.82, 2.24) is 9.73 Å². The molecule has 0 bridgehead atoms. The molecule has 9 heteroatoms. The van der Waals surface area contributed by atoms with Crippen molar-refractivity contribution in [3.63, 3.8) is 0 Å². The predicted molar refractivity (Wildman–Crippen MR) is 164 cm³/mol. The van der Waals surface area contributed by atoms with Crippen LogP contribution in [0.25, 0.3) is 0 Å². The minimum absolute atomic E-state index is 0.0364. The Kier molecular flexibility index (Phi) is 10.1. The number of benzene rings is 4. The smallest absolute Gasteiger partial charge is 0.255 e. The Morgan fingerprint density at radius 1 is 0.857 bits per heavy atom. The van der Waals surface area contributed by atoms with E-state index in [0.717, 1.165) is 16.7 Å². The fourth-order valence-corrected chi connectivity index (χ4v) is 6.51. The number of hydrazone groups is 1. The molecule has 1 amide bonds. The van der Waals surface area contributed by atoms with Crippen LogP contribution in [-0.2, 0) is 28.0 Å². The third-order valence-electron chi connectivity index (χ3n) is 6.55. The molecule has 4 aromatic carbocycles. The summed E-state index contributed by atoms with van der Waals surface area (Å²) in [7, 11) is -2.45. The highest BCUT2D eigenvalue weighted by Crippen LogP contribution is 2.29. The number of hydrogen-bond acceptors (Lipinski definition) is 6. The zero-order valence-corrected chi connectivity index (χ0v) is 25.0. The quantitative estimate of drug-likeness (QED) is 0.174. The van der Waals surface area contributed by atoms with Crippen LogP contribution in [0.5, 0.6) is 11.5 Å². The van der Waals surface area contributed by atoms with Crippen LogP contribution in [0.15, 0.2) is 101 Å². The second-order valence-corrected chi connectivity index (χ2v) is 11.8. The lowest BCUT2D eigenvalue weighted by molar-refractivity contribution is -0.121. The van der Waals surface area contributed by atoms with Crippen LogP contribution >= 0.6 is 0 Å². The van der Waals surface area contributed by atoms with E-state index in [1.54, 1.807) is 39.2 Å². The maximum absolute atomic E-state index is 13.8. The van der Waals surface area contributed by atoms with E-state index < -0.39 is 22.5 Å². The number of nitrogens with zero attached hydrogens (tertiary/aromatic N) is 2. The summed E-state index contributed by atoms with van der Waals surface area (Å²) in [5.74, 6) is 0.527. The van der Waals surface area contributed by atoms with Gasteiger partial charge >= 0.3 is 0 Å². The van der Waals surface area contributed by atoms with Crippen LogP contribution < -0.4 is 14.9 Å². The van der Waals surface area contributed by atoms with Gasteiger partial charge in [0.1, 0.15) is 6.61 Å². The molecule has 0 aromatic heterocycles. The Morgan fingerprint density at radius 2 is 1.48 bits per heavy atom. The highest BCUT2D eigenvalue weighted by molar-refractivity contribution is 7.89. The first-order valence-corrected chi connectivity index (χ1v) is 14.9. The number of rotatable bonds is 12. The molecule has 8 nitrogen and oxygen atoms in total. The molecule has 0 saturated heterocycles. The molecule has 0 saturated carbocycles. The summed E-state index contributed by atoms with van der Waals surface area (Å²) in [6.45, 7) is 5.48. The highest BCUT2D eigenvalue weighted by atomic mass is 32.2. The third-order valence-corrected chi connectivity index (χ3v) is 8.65. The molecule has 1 N–H and O–H groups in total. The summed E-state index contributed by atoms with van der Waals surface area (Å²) in [5.41, 5.74) is 7.16. The molecule has 0 radical (unpaired) electrons. The van der Waals surface area contributed by atoms with Crippen LogP contribution in [0.4, 0.5) is 0 Å². The van der Waals surface area contributed by atoms with Crippen LogP contribution in [0, 0.1) is 20.8 Å². The summed E-state index contributed by atoms with van der Waals surface area (Å²) < 4.78 is 40.2. The van der Waals surface area contributed by atoms with Crippen molar-refractivity contribution < 1.29 is 22.7 Å². The third kappa shape index (κ3) is 7.84. The number of carbonyl (C=O) groups excluding carboxylic acids is 1. The zero-order valence-electron chi connectivity index (χ0n) is 24.2. The summed E-state index contributed by atoms with van der Waals surface area (Å²) in [5, 5.41) is 4.06. The van der Waals surface area contributed by atoms with Crippen LogP contribution in [0.1, 0.15) is 33.4 Å². The molecule has 0 heterocycles. The van der Waals surface area contributed by atoms with Crippen LogP contribution in [0.3, 0.4) is 0 Å². The summed E-state index contributed by atoms with van der Waals surface area (Å²) >= 11 is 0. The van der Waals surface area contributed by atoms with Crippen LogP contribution in [0.2, 0.25) is 0 Å². The molecule has 0 spiro atoms. The summed E-state index contributed by atoms with van der Waals surface area (Å²) in [6.07, 6.45) is 1.46. The van der Waals surface area contributed by atoms with Gasteiger partial charge in [-0.25, -0.2) is 13.8 Å². The molecule has 4 rings (SSSR count). The lowest BCUT2D eigenvalue weighted by Crippen LogP contribution is -2.39. The van der Waals surface area contributed by atoms with E-state index in [1.165, 1.54) is 10.5 Å². The lowest BCUT2D eigenvalue weighted by Gasteiger charge is -2.24. The number of hydrogen-bond donors (Lipinski definition) is 1. The topological polar surface area (TPSA) is 97.3 Å². The van der Waals surface area contributed by atoms with Crippen LogP contribution in [-0.4, -0.2) is 38.5 Å². The average molecular weight is 586 g/mol. The first-order valence-electron chi connectivity index (χ1n) is 13.5. The van der Waals surface area contributed by atoms with E-state index in [2.05, 4.69) is 10.5 Å². The lowest BCUT2D eigenvalue weighted by atomic mass is 10.1. The first kappa shape index (κ1) is 30.5. The SMILES string of the molecule is COc1cc(/C=N\NC(=O)CN(Cc2ccccc2)S(=O)(=O)c2c(C)cc(C)cc2C)ccc1OCc1ccccc1. The highest BCUT2D eigenvalue weighted by Gasteiger charge is 2.30. The number of amides is 1. The molecule has 0 aliphatic heterocycles. The molecule has 0 unspecified atom stereocenters. The fourth-order valence-electron chi connectivity index (χ4n) is 4.71. The molecule has 0 aliphatic carbocycles. The molecule has 4 aromatic rings. The first-order chi connectivity index (χ1) is 20.2. The zero-order chi connectivity index (χ0) is 30.1. The minimum atomic E-state index is -4.00. The van der Waals surface area contributed by atoms with Crippen molar-refractivity contribution >= 4 is 22.1 Å². The maximum Gasteiger partial charge on any atom is 0.255 e. The molecular weight excluding hydrogens is 550 g/mol. The Morgan fingerprint density at radius 3 is 2.10 bits per heavy atom. The van der Waals surface area contributed by atoms with E-state index in [-0.39, 0.29) is 11.4 Å². The number of sulfonamides is 1. The van der Waals surface area contributed by atoms with Crippen molar-refractivity contribution in [3.8, 4) is 11.5 Å². The second-order valence-electron chi connectivity index (χ2n) is 9.96. The molecular formula is C33H35N3O5S. The second kappa shape index (κ2) is 13.9. The Labute approximate surface area is 247 Å². The Balaban J connectivity index is 1.47. The van der Waals surface area contributed by atoms with Gasteiger partial charge in [-0.1, -0.05) is 78.4 Å². The average Bonchev–Trinajstić information content (AvgIpc) is 2.96. The van der Waals surface area contributed by atoms with Gasteiger partial charge in [-0.15, -0.1) is 0 Å². The number of aryl methyl sites for hydroxylation is 3. The van der Waals surface area contributed by atoms with E-state index in [0.29, 0.717) is 34.8 Å². The van der Waals surface area contributed by atoms with E-state index >= 15 is 0 Å². The monoisotopic (exact) mass is 585 g/mol. The fraction of sp³-hybridized carbons (Fsp3) is 0.212. The van der Waals surface area contributed by atoms with Gasteiger partial charge in [0.15, 0.2) is 11.5 Å². The number of methoxy groups -OCH3 is 1. The molecule has 0 aliphatic rings. The normalized spacial score (nSPS) is 11.5. The van der Waals surface area contributed by atoms with E-state index in [1.807, 2.05) is 79.7 Å². The number of nitrogens with one attached hydrogen (secondary N) is 1. The Bertz CT molecular complexity index is 1630. The van der Waals surface area contributed by atoms with E-state index in [4.69, 9.17) is 9.47 Å². The van der Waals surface area contributed by atoms with Crippen molar-refractivity contribution in [2.75, 3.05) is 13.7 Å². The molecule has 0 fully saturated rings. The molecule has 42 heavy (non-hydrogen) atoms. The van der Waals surface area contributed by atoms with Gasteiger partial charge in [-0.3, -0.25) is 4.79 Å². The summed E-state index contributed by atoms with van der Waals surface area (Å²) in [6, 6.07) is 27.9. The standard InChI is InChI=1S/C33H35N3O5S/c1-24-17-25(2)33(26(3)18-24)42(38,39)36(21-27-11-7-5-8-12-27)22-32(37)35-34-20-29-15-16-30(31(19-29)40-4)41-23-28-13-9-6-10-14-28/h5-20H,21-23H2,1-4H3,(H,35,37)/b34-20-. The number of ether oxygens (including phenoxy) is 2. The van der Waals surface area contributed by atoms with Crippen molar-refractivity contribution in [2.24, 2.45) is 5.10 Å². The minimum Gasteiger partial charge on any atom is -0.493 e. The molecule has 0 atom stereocenters. The van der Waals surface area contributed by atoms with Gasteiger partial charge in [-0.05, 0) is 66.8 Å². The van der Waals surface area contributed by atoms with Gasteiger partial charge in [0.05, 0.1) is 24.8 Å². The number of carbonyl (C=O) groups is 1.